The third kappa shape index (κ3) is 5.65. The molecule has 0 radical (unpaired) electrons. The highest BCUT2D eigenvalue weighted by Gasteiger charge is 2.11. The van der Waals surface area contributed by atoms with Crippen molar-refractivity contribution in [3.05, 3.63) is 57.1 Å². The smallest absolute Gasteiger partial charge is 0.339 e. The number of nitriles is 1. The van der Waals surface area contributed by atoms with Crippen LogP contribution in [0.4, 0.5) is 0 Å². The van der Waals surface area contributed by atoms with Crippen molar-refractivity contribution < 1.29 is 19.1 Å². The number of pyridine rings is 2. The molecule has 0 unspecified atom stereocenters. The summed E-state index contributed by atoms with van der Waals surface area (Å²) in [5.74, 6) is -0.830. The topological polar surface area (TPSA) is 102 Å². The van der Waals surface area contributed by atoms with Crippen LogP contribution in [0, 0.1) is 25.2 Å². The van der Waals surface area contributed by atoms with Crippen molar-refractivity contribution in [3.63, 3.8) is 0 Å². The molecule has 0 aliphatic heterocycles. The fourth-order valence-corrected chi connectivity index (χ4v) is 2.07. The second-order valence-electron chi connectivity index (χ2n) is 4.74. The van der Waals surface area contributed by atoms with Gasteiger partial charge in [0.2, 0.25) is 0 Å². The fourth-order valence-electron chi connectivity index (χ4n) is 1.74. The SMILES string of the molecule is COC(=O)c1cc(Br)cnc1C.COC(=O)c1cc(C#N)cnc1C. The fraction of sp³-hybridized carbons (Fsp3) is 0.235. The first-order chi connectivity index (χ1) is 11.8. The Morgan fingerprint density at radius 2 is 1.48 bits per heavy atom. The van der Waals surface area contributed by atoms with Crippen LogP contribution in [-0.2, 0) is 9.47 Å². The Morgan fingerprint density at radius 1 is 1.00 bits per heavy atom. The van der Waals surface area contributed by atoms with Crippen molar-refractivity contribution in [1.29, 1.82) is 5.26 Å². The van der Waals surface area contributed by atoms with E-state index in [1.54, 1.807) is 26.1 Å². The summed E-state index contributed by atoms with van der Waals surface area (Å²) in [4.78, 5) is 30.1. The summed E-state index contributed by atoms with van der Waals surface area (Å²) in [5.41, 5.74) is 2.41. The standard InChI is InChI=1S/C9H8N2O2.C8H8BrNO2/c1-6-8(9(12)13-2)3-7(4-10)5-11-6;1-5-7(8(11)12-2)3-6(9)4-10-5/h3,5H,1-2H3;3-4H,1-2H3. The first kappa shape index (κ1) is 20.3. The van der Waals surface area contributed by atoms with Gasteiger partial charge in [0.05, 0.1) is 42.3 Å². The van der Waals surface area contributed by atoms with Crippen LogP contribution >= 0.6 is 15.9 Å². The molecule has 0 atom stereocenters. The van der Waals surface area contributed by atoms with Gasteiger partial charge in [0, 0.05) is 16.9 Å². The van der Waals surface area contributed by atoms with Crippen LogP contribution in [0.5, 0.6) is 0 Å². The summed E-state index contributed by atoms with van der Waals surface area (Å²) in [6.45, 7) is 3.45. The summed E-state index contributed by atoms with van der Waals surface area (Å²) in [6.07, 6.45) is 3.06. The van der Waals surface area contributed by atoms with E-state index in [0.717, 1.165) is 4.47 Å². The van der Waals surface area contributed by atoms with Crippen LogP contribution in [0.1, 0.15) is 37.7 Å². The lowest BCUT2D eigenvalue weighted by Gasteiger charge is -2.02. The van der Waals surface area contributed by atoms with Gasteiger partial charge in [-0.1, -0.05) is 0 Å². The summed E-state index contributed by atoms with van der Waals surface area (Å²) in [6, 6.07) is 5.06. The van der Waals surface area contributed by atoms with E-state index in [1.165, 1.54) is 26.5 Å². The Labute approximate surface area is 153 Å². The number of halogens is 1. The lowest BCUT2D eigenvalue weighted by Crippen LogP contribution is -2.05. The van der Waals surface area contributed by atoms with Gasteiger partial charge in [-0.25, -0.2) is 9.59 Å². The summed E-state index contributed by atoms with van der Waals surface area (Å²) >= 11 is 3.22. The Balaban J connectivity index is 0.000000251. The molecular formula is C17H16BrN3O4. The molecule has 0 N–H and O–H groups in total. The van der Waals surface area contributed by atoms with E-state index in [-0.39, 0.29) is 5.97 Å². The van der Waals surface area contributed by atoms with E-state index < -0.39 is 5.97 Å². The highest BCUT2D eigenvalue weighted by atomic mass is 79.9. The number of hydrogen-bond donors (Lipinski definition) is 0. The zero-order valence-electron chi connectivity index (χ0n) is 14.2. The van der Waals surface area contributed by atoms with Gasteiger partial charge >= 0.3 is 11.9 Å². The minimum Gasteiger partial charge on any atom is -0.465 e. The van der Waals surface area contributed by atoms with Crippen LogP contribution in [0.3, 0.4) is 0 Å². The minimum atomic E-state index is -0.470. The molecule has 0 aromatic carbocycles. The number of rotatable bonds is 2. The third-order valence-electron chi connectivity index (χ3n) is 3.08. The van der Waals surface area contributed by atoms with E-state index in [2.05, 4.69) is 35.4 Å². The molecule has 2 heterocycles. The summed E-state index contributed by atoms with van der Waals surface area (Å²) in [7, 11) is 2.64. The number of carbonyl (C=O) groups is 2. The molecular weight excluding hydrogens is 390 g/mol. The Hall–Kier alpha value is -2.79. The molecule has 0 spiro atoms. The highest BCUT2D eigenvalue weighted by molar-refractivity contribution is 9.10. The molecule has 0 bridgehead atoms. The van der Waals surface area contributed by atoms with Crippen molar-refractivity contribution in [1.82, 2.24) is 9.97 Å². The maximum Gasteiger partial charge on any atom is 0.339 e. The third-order valence-corrected chi connectivity index (χ3v) is 3.51. The molecule has 0 fully saturated rings. The molecule has 0 aliphatic rings. The molecule has 25 heavy (non-hydrogen) atoms. The van der Waals surface area contributed by atoms with Gasteiger partial charge in [0.1, 0.15) is 6.07 Å². The predicted octanol–water partition coefficient (Wildman–Crippen LogP) is 2.99. The average Bonchev–Trinajstić information content (AvgIpc) is 2.63. The predicted molar refractivity (Wildman–Crippen MR) is 93.0 cm³/mol. The van der Waals surface area contributed by atoms with Crippen LogP contribution in [0.25, 0.3) is 0 Å². The number of nitrogens with zero attached hydrogens (tertiary/aromatic N) is 3. The average molecular weight is 406 g/mol. The van der Waals surface area contributed by atoms with Gasteiger partial charge in [0.15, 0.2) is 0 Å². The molecule has 0 saturated heterocycles. The van der Waals surface area contributed by atoms with Crippen LogP contribution in [-0.4, -0.2) is 36.1 Å². The number of hydrogen-bond acceptors (Lipinski definition) is 7. The number of methoxy groups -OCH3 is 2. The molecule has 0 amide bonds. The van der Waals surface area contributed by atoms with Gasteiger partial charge in [-0.3, -0.25) is 9.97 Å². The number of ether oxygens (including phenoxy) is 2. The second-order valence-corrected chi connectivity index (χ2v) is 5.65. The minimum absolute atomic E-state index is 0.335. The molecule has 8 heteroatoms. The second kappa shape index (κ2) is 9.49. The summed E-state index contributed by atoms with van der Waals surface area (Å²) < 4.78 is 9.87. The van der Waals surface area contributed by atoms with Crippen molar-refractivity contribution in [2.45, 2.75) is 13.8 Å². The number of carbonyl (C=O) groups excluding carboxylic acids is 2. The normalized spacial score (nSPS) is 9.28. The molecule has 0 aliphatic carbocycles. The van der Waals surface area contributed by atoms with Gasteiger partial charge in [-0.15, -0.1) is 0 Å². The maximum absolute atomic E-state index is 11.1. The van der Waals surface area contributed by atoms with E-state index in [0.29, 0.717) is 28.1 Å². The van der Waals surface area contributed by atoms with Gasteiger partial charge < -0.3 is 9.47 Å². The maximum atomic E-state index is 11.1. The van der Waals surface area contributed by atoms with Gasteiger partial charge in [0.25, 0.3) is 0 Å². The van der Waals surface area contributed by atoms with Crippen molar-refractivity contribution in [3.8, 4) is 6.07 Å². The first-order valence-corrected chi connectivity index (χ1v) is 7.78. The van der Waals surface area contributed by atoms with Crippen molar-refractivity contribution in [2.75, 3.05) is 14.2 Å². The quantitative estimate of drug-likeness (QED) is 0.707. The molecule has 2 rings (SSSR count). The van der Waals surface area contributed by atoms with Crippen molar-refractivity contribution >= 4 is 27.9 Å². The first-order valence-electron chi connectivity index (χ1n) is 6.99. The molecule has 0 saturated carbocycles. The lowest BCUT2D eigenvalue weighted by molar-refractivity contribution is 0.0590. The van der Waals surface area contributed by atoms with Gasteiger partial charge in [-0.2, -0.15) is 5.26 Å². The summed E-state index contributed by atoms with van der Waals surface area (Å²) in [5, 5.41) is 8.57. The number of aryl methyl sites for hydroxylation is 2. The molecule has 130 valence electrons. The molecule has 2 aromatic heterocycles. The Kier molecular flexibility index (Phi) is 7.69. The van der Waals surface area contributed by atoms with Crippen LogP contribution in [0.15, 0.2) is 29.0 Å². The van der Waals surface area contributed by atoms with Crippen molar-refractivity contribution in [2.24, 2.45) is 0 Å². The van der Waals surface area contributed by atoms with E-state index in [9.17, 15) is 9.59 Å². The highest BCUT2D eigenvalue weighted by Crippen LogP contribution is 2.13. The van der Waals surface area contributed by atoms with E-state index >= 15 is 0 Å². The zero-order valence-corrected chi connectivity index (χ0v) is 15.7. The number of esters is 2. The zero-order chi connectivity index (χ0) is 19.0. The molecule has 7 nitrogen and oxygen atoms in total. The molecule has 2 aromatic rings. The van der Waals surface area contributed by atoms with Gasteiger partial charge in [-0.05, 0) is 41.9 Å². The monoisotopic (exact) mass is 405 g/mol. The number of aromatic nitrogens is 2. The largest absolute Gasteiger partial charge is 0.465 e. The lowest BCUT2D eigenvalue weighted by atomic mass is 10.1. The Morgan fingerprint density at radius 3 is 1.96 bits per heavy atom. The van der Waals surface area contributed by atoms with E-state index in [4.69, 9.17) is 5.26 Å². The van der Waals surface area contributed by atoms with Crippen LogP contribution < -0.4 is 0 Å². The van der Waals surface area contributed by atoms with E-state index in [1.807, 2.05) is 6.07 Å². The van der Waals surface area contributed by atoms with Crippen LogP contribution in [0.2, 0.25) is 0 Å². The Bertz CT molecular complexity index is 831.